The second-order valence-corrected chi connectivity index (χ2v) is 5.07. The standard InChI is InChI=1S/C17H15F2N5/c18-12-6-7-13(19)14(8-12)24-17-15(20)16(22-10-23-17)21-9-11-4-2-1-3-5-11/h1-8,10H,9,20H2,(H2,21,22,23,24). The minimum absolute atomic E-state index is 0.0468. The van der Waals surface area contributed by atoms with E-state index in [1.165, 1.54) is 6.33 Å². The Labute approximate surface area is 137 Å². The molecule has 3 rings (SSSR count). The lowest BCUT2D eigenvalue weighted by molar-refractivity contribution is 0.603. The van der Waals surface area contributed by atoms with Gasteiger partial charge in [-0.25, -0.2) is 18.7 Å². The molecule has 7 heteroatoms. The predicted molar refractivity (Wildman–Crippen MR) is 89.9 cm³/mol. The molecule has 5 nitrogen and oxygen atoms in total. The van der Waals surface area contributed by atoms with Crippen LogP contribution in [0.5, 0.6) is 0 Å². The Bertz CT molecular complexity index is 840. The number of benzene rings is 2. The van der Waals surface area contributed by atoms with Crippen molar-refractivity contribution in [2.24, 2.45) is 0 Å². The third kappa shape index (κ3) is 3.57. The molecule has 4 N–H and O–H groups in total. The fraction of sp³-hybridized carbons (Fsp3) is 0.0588. The highest BCUT2D eigenvalue weighted by molar-refractivity contribution is 5.77. The summed E-state index contributed by atoms with van der Waals surface area (Å²) >= 11 is 0. The van der Waals surface area contributed by atoms with Crippen molar-refractivity contribution in [1.82, 2.24) is 9.97 Å². The van der Waals surface area contributed by atoms with Crippen LogP contribution in [0, 0.1) is 11.6 Å². The molecular formula is C17H15F2N5. The molecular weight excluding hydrogens is 312 g/mol. The van der Waals surface area contributed by atoms with Crippen molar-refractivity contribution >= 4 is 23.0 Å². The molecule has 0 atom stereocenters. The highest BCUT2D eigenvalue weighted by atomic mass is 19.1. The maximum atomic E-state index is 13.7. The minimum atomic E-state index is -0.604. The Morgan fingerprint density at radius 3 is 2.50 bits per heavy atom. The Kier molecular flexibility index (Phi) is 4.51. The normalized spacial score (nSPS) is 10.4. The van der Waals surface area contributed by atoms with Crippen molar-refractivity contribution in [3.63, 3.8) is 0 Å². The molecule has 0 aliphatic heterocycles. The van der Waals surface area contributed by atoms with E-state index >= 15 is 0 Å². The highest BCUT2D eigenvalue weighted by Crippen LogP contribution is 2.27. The molecule has 0 saturated heterocycles. The lowest BCUT2D eigenvalue weighted by atomic mass is 10.2. The monoisotopic (exact) mass is 327 g/mol. The van der Waals surface area contributed by atoms with Crippen molar-refractivity contribution in [2.45, 2.75) is 6.54 Å². The van der Waals surface area contributed by atoms with Crippen LogP contribution < -0.4 is 16.4 Å². The number of hydrogen-bond acceptors (Lipinski definition) is 5. The maximum absolute atomic E-state index is 13.7. The second kappa shape index (κ2) is 6.91. The van der Waals surface area contributed by atoms with E-state index in [-0.39, 0.29) is 17.2 Å². The molecule has 3 aromatic rings. The summed E-state index contributed by atoms with van der Waals surface area (Å²) in [7, 11) is 0. The van der Waals surface area contributed by atoms with E-state index < -0.39 is 11.6 Å². The van der Waals surface area contributed by atoms with Crippen LogP contribution in [0.25, 0.3) is 0 Å². The minimum Gasteiger partial charge on any atom is -0.393 e. The van der Waals surface area contributed by atoms with Crippen LogP contribution >= 0.6 is 0 Å². The maximum Gasteiger partial charge on any atom is 0.159 e. The van der Waals surface area contributed by atoms with Gasteiger partial charge in [0.15, 0.2) is 11.6 Å². The van der Waals surface area contributed by atoms with Crippen molar-refractivity contribution in [2.75, 3.05) is 16.4 Å². The molecule has 0 unspecified atom stereocenters. The van der Waals surface area contributed by atoms with E-state index in [0.29, 0.717) is 12.4 Å². The Hall–Kier alpha value is -3.22. The number of nitrogen functional groups attached to an aromatic ring is 1. The number of nitrogens with one attached hydrogen (secondary N) is 2. The van der Waals surface area contributed by atoms with E-state index in [9.17, 15) is 8.78 Å². The van der Waals surface area contributed by atoms with Gasteiger partial charge in [-0.15, -0.1) is 0 Å². The largest absolute Gasteiger partial charge is 0.393 e. The van der Waals surface area contributed by atoms with Gasteiger partial charge in [0.1, 0.15) is 23.6 Å². The second-order valence-electron chi connectivity index (χ2n) is 5.07. The van der Waals surface area contributed by atoms with Crippen LogP contribution in [0.2, 0.25) is 0 Å². The first-order chi connectivity index (χ1) is 11.6. The molecule has 0 spiro atoms. The lowest BCUT2D eigenvalue weighted by Crippen LogP contribution is -2.08. The van der Waals surface area contributed by atoms with Crippen molar-refractivity contribution in [3.05, 3.63) is 72.1 Å². The third-order valence-electron chi connectivity index (χ3n) is 3.37. The van der Waals surface area contributed by atoms with Gasteiger partial charge in [-0.2, -0.15) is 0 Å². The summed E-state index contributed by atoms with van der Waals surface area (Å²) in [5.74, 6) is -0.555. The van der Waals surface area contributed by atoms with Crippen LogP contribution in [0.1, 0.15) is 5.56 Å². The SMILES string of the molecule is Nc1c(NCc2ccccc2)ncnc1Nc1cc(F)ccc1F. The van der Waals surface area contributed by atoms with E-state index in [4.69, 9.17) is 5.73 Å². The smallest absolute Gasteiger partial charge is 0.159 e. The van der Waals surface area contributed by atoms with Gasteiger partial charge in [-0.1, -0.05) is 30.3 Å². The number of aromatic nitrogens is 2. The molecule has 1 heterocycles. The zero-order valence-corrected chi connectivity index (χ0v) is 12.6. The summed E-state index contributed by atoms with van der Waals surface area (Å²) in [5.41, 5.74) is 7.25. The summed E-state index contributed by atoms with van der Waals surface area (Å²) < 4.78 is 27.0. The molecule has 0 bridgehead atoms. The summed E-state index contributed by atoms with van der Waals surface area (Å²) in [4.78, 5) is 8.06. The Morgan fingerprint density at radius 2 is 1.71 bits per heavy atom. The first kappa shape index (κ1) is 15.7. The van der Waals surface area contributed by atoms with Crippen LogP contribution in [-0.4, -0.2) is 9.97 Å². The average Bonchev–Trinajstić information content (AvgIpc) is 2.60. The fourth-order valence-corrected chi connectivity index (χ4v) is 2.14. The topological polar surface area (TPSA) is 75.9 Å². The van der Waals surface area contributed by atoms with Gasteiger partial charge < -0.3 is 16.4 Å². The molecule has 0 amide bonds. The zero-order chi connectivity index (χ0) is 16.9. The summed E-state index contributed by atoms with van der Waals surface area (Å²) in [6.07, 6.45) is 1.29. The first-order valence-electron chi connectivity index (χ1n) is 7.24. The number of nitrogens with two attached hydrogens (primary N) is 1. The number of anilines is 4. The van der Waals surface area contributed by atoms with Crippen molar-refractivity contribution in [3.8, 4) is 0 Å². The number of nitrogens with zero attached hydrogens (tertiary/aromatic N) is 2. The van der Waals surface area contributed by atoms with Gasteiger partial charge in [-0.05, 0) is 17.7 Å². The lowest BCUT2D eigenvalue weighted by Gasteiger charge is -2.13. The number of rotatable bonds is 5. The van der Waals surface area contributed by atoms with Crippen LogP contribution in [0.4, 0.5) is 31.8 Å². The average molecular weight is 327 g/mol. The summed E-state index contributed by atoms with van der Waals surface area (Å²) in [6, 6.07) is 12.8. The first-order valence-corrected chi connectivity index (χ1v) is 7.24. The highest BCUT2D eigenvalue weighted by Gasteiger charge is 2.11. The molecule has 0 saturated carbocycles. The molecule has 24 heavy (non-hydrogen) atoms. The van der Waals surface area contributed by atoms with Gasteiger partial charge in [0.2, 0.25) is 0 Å². The molecule has 1 aromatic heterocycles. The number of hydrogen-bond donors (Lipinski definition) is 3. The van der Waals surface area contributed by atoms with Gasteiger partial charge >= 0.3 is 0 Å². The number of halogens is 2. The summed E-state index contributed by atoms with van der Waals surface area (Å²) in [5, 5.41) is 5.79. The predicted octanol–water partition coefficient (Wildman–Crippen LogP) is 3.69. The third-order valence-corrected chi connectivity index (χ3v) is 3.37. The molecule has 122 valence electrons. The van der Waals surface area contributed by atoms with Crippen LogP contribution in [0.3, 0.4) is 0 Å². The Morgan fingerprint density at radius 1 is 0.958 bits per heavy atom. The quantitative estimate of drug-likeness (QED) is 0.666. The molecule has 0 aliphatic rings. The Balaban J connectivity index is 1.79. The summed E-state index contributed by atoms with van der Waals surface area (Å²) in [6.45, 7) is 0.524. The molecule has 0 fully saturated rings. The van der Waals surface area contributed by atoms with E-state index in [1.54, 1.807) is 0 Å². The van der Waals surface area contributed by atoms with Crippen molar-refractivity contribution < 1.29 is 8.78 Å². The van der Waals surface area contributed by atoms with Gasteiger partial charge in [0.05, 0.1) is 5.69 Å². The molecule has 0 radical (unpaired) electrons. The molecule has 0 aliphatic carbocycles. The van der Waals surface area contributed by atoms with E-state index in [0.717, 1.165) is 23.8 Å². The molecule has 2 aromatic carbocycles. The van der Waals surface area contributed by atoms with Gasteiger partial charge in [0.25, 0.3) is 0 Å². The zero-order valence-electron chi connectivity index (χ0n) is 12.6. The van der Waals surface area contributed by atoms with Crippen LogP contribution in [-0.2, 0) is 6.54 Å². The van der Waals surface area contributed by atoms with Gasteiger partial charge in [0, 0.05) is 12.6 Å². The van der Waals surface area contributed by atoms with E-state index in [1.807, 2.05) is 30.3 Å². The fourth-order valence-electron chi connectivity index (χ4n) is 2.14. The van der Waals surface area contributed by atoms with Crippen molar-refractivity contribution in [1.29, 1.82) is 0 Å². The van der Waals surface area contributed by atoms with Gasteiger partial charge in [-0.3, -0.25) is 0 Å². The van der Waals surface area contributed by atoms with Crippen LogP contribution in [0.15, 0.2) is 54.9 Å². The van der Waals surface area contributed by atoms with E-state index in [2.05, 4.69) is 20.6 Å².